The van der Waals surface area contributed by atoms with E-state index < -0.39 is 59.6 Å². The van der Waals surface area contributed by atoms with Gasteiger partial charge >= 0.3 is 23.5 Å². The Morgan fingerprint density at radius 2 is 1.91 bits per heavy atom. The fourth-order valence-electron chi connectivity index (χ4n) is 3.17. The average Bonchev–Trinajstić information content (AvgIpc) is 3.17. The summed E-state index contributed by atoms with van der Waals surface area (Å²) in [7, 11) is -16.9. The Morgan fingerprint density at radius 3 is 2.51 bits per heavy atom. The summed E-state index contributed by atoms with van der Waals surface area (Å²) in [6.45, 7) is -1.03. The molecule has 3 rings (SSSR count). The van der Waals surface area contributed by atoms with Gasteiger partial charge in [0.15, 0.2) is 17.4 Å². The summed E-state index contributed by atoms with van der Waals surface area (Å²) in [5.41, 5.74) is 9.14. The number of nitrogens with two attached hydrogens (primary N) is 2. The summed E-state index contributed by atoms with van der Waals surface area (Å²) in [4.78, 5) is 54.4. The number of aliphatic hydroxyl groups excluding tert-OH is 1. The first-order valence-electron chi connectivity index (χ1n) is 8.88. The number of ether oxygens (including phenoxy) is 1. The number of nitrogens with zero attached hydrogens (tertiary/aromatic N) is 2. The molecule has 0 spiro atoms. The molecule has 0 aliphatic carbocycles. The van der Waals surface area contributed by atoms with Crippen LogP contribution in [0.25, 0.3) is 11.0 Å². The number of aliphatic hydroxyl groups is 1. The van der Waals surface area contributed by atoms with Crippen LogP contribution in [-0.2, 0) is 31.6 Å². The summed E-state index contributed by atoms with van der Waals surface area (Å²) in [5.74, 6) is 2.08. The van der Waals surface area contributed by atoms with Crippen LogP contribution in [0, 0.1) is 11.3 Å². The van der Waals surface area contributed by atoms with E-state index in [-0.39, 0.29) is 17.0 Å². The van der Waals surface area contributed by atoms with Crippen molar-refractivity contribution in [1.82, 2.24) is 14.5 Å². The zero-order chi connectivity index (χ0) is 26.4. The topological polar surface area (TPSA) is 292 Å². The van der Waals surface area contributed by atoms with E-state index in [4.69, 9.17) is 37.6 Å². The van der Waals surface area contributed by atoms with E-state index in [1.54, 1.807) is 0 Å². The molecule has 0 radical (unpaired) electrons. The maximum absolute atomic E-state index is 12.1. The largest absolute Gasteiger partial charge is 0.490 e. The lowest BCUT2D eigenvalue weighted by atomic mass is 9.92. The number of phosphoric ester groups is 1. The maximum Gasteiger partial charge on any atom is 0.490 e. The molecule has 1 aliphatic rings. The van der Waals surface area contributed by atoms with Crippen LogP contribution in [0.5, 0.6) is 0 Å². The monoisotopic (exact) mass is 579 g/mol. The summed E-state index contributed by atoms with van der Waals surface area (Å²) >= 11 is 5.47. The van der Waals surface area contributed by atoms with Crippen molar-refractivity contribution in [2.24, 2.45) is 5.73 Å². The highest BCUT2D eigenvalue weighted by atomic mass is 35.5. The number of nitrogen functional groups attached to an aromatic ring is 1. The van der Waals surface area contributed by atoms with Crippen molar-refractivity contribution < 1.29 is 56.3 Å². The molecule has 194 valence electrons. The van der Waals surface area contributed by atoms with E-state index in [0.29, 0.717) is 0 Å². The molecule has 1 aliphatic heterocycles. The van der Waals surface area contributed by atoms with Gasteiger partial charge in [-0.2, -0.15) is 13.6 Å². The fourth-order valence-corrected chi connectivity index (χ4v) is 6.36. The molecule has 3 unspecified atom stereocenters. The van der Waals surface area contributed by atoms with Gasteiger partial charge in [-0.3, -0.25) is 14.3 Å². The second-order valence-electron chi connectivity index (χ2n) is 6.92. The van der Waals surface area contributed by atoms with Crippen LogP contribution in [0.15, 0.2) is 17.1 Å². The predicted molar refractivity (Wildman–Crippen MR) is 115 cm³/mol. The third-order valence-electron chi connectivity index (χ3n) is 4.49. The van der Waals surface area contributed by atoms with Gasteiger partial charge in [-0.25, -0.2) is 13.7 Å². The molecule has 6 atom stereocenters. The molecule has 0 saturated carbocycles. The van der Waals surface area contributed by atoms with Gasteiger partial charge in [0.05, 0.1) is 12.0 Å². The van der Waals surface area contributed by atoms with Crippen molar-refractivity contribution in [3.63, 3.8) is 0 Å². The average molecular weight is 580 g/mol. The minimum atomic E-state index is -5.76. The highest BCUT2D eigenvalue weighted by molar-refractivity contribution is 7.66. The van der Waals surface area contributed by atoms with Crippen LogP contribution in [0.3, 0.4) is 0 Å². The van der Waals surface area contributed by atoms with Gasteiger partial charge in [-0.05, 0) is 17.7 Å². The zero-order valence-corrected chi connectivity index (χ0v) is 20.3. The third-order valence-corrected chi connectivity index (χ3v) is 8.39. The Labute approximate surface area is 199 Å². The lowest BCUT2D eigenvalue weighted by Crippen LogP contribution is -2.53. The zero-order valence-electron chi connectivity index (χ0n) is 16.9. The second kappa shape index (κ2) is 9.67. The van der Waals surface area contributed by atoms with Crippen molar-refractivity contribution in [3.8, 4) is 11.3 Å². The number of aromatic amines is 1. The molecule has 3 heterocycles. The number of H-pyrrole nitrogens is 1. The first-order chi connectivity index (χ1) is 16.0. The Hall–Kier alpha value is -1.64. The van der Waals surface area contributed by atoms with E-state index >= 15 is 0 Å². The van der Waals surface area contributed by atoms with Gasteiger partial charge in [-0.15, -0.1) is 0 Å². The van der Waals surface area contributed by atoms with Gasteiger partial charge in [0.2, 0.25) is 5.95 Å². The Kier molecular flexibility index (Phi) is 7.72. The van der Waals surface area contributed by atoms with Gasteiger partial charge in [-0.1, -0.05) is 5.92 Å². The summed E-state index contributed by atoms with van der Waals surface area (Å²) in [6.07, 6.45) is -3.47. The SMILES string of the molecule is Nc1nc2c(ccn2[C@@H]2O[C@H](COP(=O)(O)OP(=O)(O)OP(=O)(O)O)[C@H](O)C2(N)C#CCl)c(=O)[nH]1. The van der Waals surface area contributed by atoms with Crippen LogP contribution in [0.2, 0.25) is 0 Å². The minimum absolute atomic E-state index is 0.0248. The molecule has 10 N–H and O–H groups in total. The van der Waals surface area contributed by atoms with Gasteiger partial charge < -0.3 is 45.5 Å². The molecule has 18 nitrogen and oxygen atoms in total. The summed E-state index contributed by atoms with van der Waals surface area (Å²) in [6, 6.07) is 1.34. The predicted octanol–water partition coefficient (Wildman–Crippen LogP) is -1.19. The van der Waals surface area contributed by atoms with Crippen LogP contribution >= 0.6 is 35.1 Å². The smallest absolute Gasteiger partial charge is 0.387 e. The van der Waals surface area contributed by atoms with Crippen molar-refractivity contribution in [2.45, 2.75) is 24.0 Å². The van der Waals surface area contributed by atoms with Crippen molar-refractivity contribution in [1.29, 1.82) is 0 Å². The lowest BCUT2D eigenvalue weighted by Gasteiger charge is -2.27. The van der Waals surface area contributed by atoms with Gasteiger partial charge in [0.25, 0.3) is 5.56 Å². The van der Waals surface area contributed by atoms with Crippen molar-refractivity contribution in [3.05, 3.63) is 22.6 Å². The number of nitrogens with one attached hydrogen (secondary N) is 1. The first kappa shape index (κ1) is 27.9. The molecule has 0 aromatic carbocycles. The van der Waals surface area contributed by atoms with E-state index in [2.05, 4.69) is 29.0 Å². The van der Waals surface area contributed by atoms with Crippen molar-refractivity contribution >= 4 is 52.1 Å². The minimum Gasteiger partial charge on any atom is -0.387 e. The maximum atomic E-state index is 12.1. The van der Waals surface area contributed by atoms with Crippen LogP contribution in [-0.4, -0.2) is 63.6 Å². The van der Waals surface area contributed by atoms with E-state index in [1.165, 1.54) is 16.8 Å². The Balaban J connectivity index is 1.87. The summed E-state index contributed by atoms with van der Waals surface area (Å²) in [5, 5.41) is 12.8. The molecule has 0 amide bonds. The van der Waals surface area contributed by atoms with Gasteiger partial charge in [0, 0.05) is 11.6 Å². The number of anilines is 1. The summed E-state index contributed by atoms with van der Waals surface area (Å²) < 4.78 is 52.7. The number of phosphoric acid groups is 3. The molecule has 22 heteroatoms. The van der Waals surface area contributed by atoms with E-state index in [0.717, 1.165) is 0 Å². The molecule has 0 bridgehead atoms. The Morgan fingerprint density at radius 1 is 1.26 bits per heavy atom. The molecule has 2 aromatic heterocycles. The Bertz CT molecular complexity index is 1400. The molecular formula is C13H17ClN5O13P3. The molecule has 2 aromatic rings. The number of halogens is 1. The van der Waals surface area contributed by atoms with E-state index in [1.807, 2.05) is 5.38 Å². The third kappa shape index (κ3) is 6.20. The molecule has 35 heavy (non-hydrogen) atoms. The molecular weight excluding hydrogens is 563 g/mol. The fraction of sp³-hybridized carbons (Fsp3) is 0.385. The van der Waals surface area contributed by atoms with Crippen LogP contribution in [0.4, 0.5) is 5.95 Å². The standard InChI is InChI=1S/C13H17ClN5O13P3/c14-3-2-13(16)8(20)7(5-29-34(25,26)32-35(27,28)31-33(22,23)24)30-11(13)19-4-1-6-9(19)17-12(15)18-10(6)21/h1,4,7-8,11,20H,5,16H2,(H,25,26)(H,27,28)(H2,22,23,24)(H3,15,17,18,21)/t7-,8+,11-,13?/m1/s1. The normalized spacial score (nSPS) is 28.3. The number of hydrogen-bond donors (Lipinski definition) is 8. The number of hydrogen-bond acceptors (Lipinski definition) is 12. The number of fused-ring (bicyclic) bond motifs is 1. The van der Waals surface area contributed by atoms with Crippen molar-refractivity contribution in [2.75, 3.05) is 12.3 Å². The highest BCUT2D eigenvalue weighted by Gasteiger charge is 2.55. The highest BCUT2D eigenvalue weighted by Crippen LogP contribution is 2.66. The lowest BCUT2D eigenvalue weighted by molar-refractivity contribution is -0.0436. The number of rotatable bonds is 8. The second-order valence-corrected chi connectivity index (χ2v) is 11.5. The van der Waals surface area contributed by atoms with E-state index in [9.17, 15) is 33.4 Å². The van der Waals surface area contributed by atoms with Crippen LogP contribution < -0.4 is 17.0 Å². The molecule has 1 saturated heterocycles. The quantitative estimate of drug-likeness (QED) is 0.135. The first-order valence-corrected chi connectivity index (χ1v) is 13.8. The number of aromatic nitrogens is 3. The molecule has 1 fully saturated rings. The van der Waals surface area contributed by atoms with Crippen LogP contribution in [0.1, 0.15) is 6.23 Å². The van der Waals surface area contributed by atoms with Gasteiger partial charge in [0.1, 0.15) is 12.2 Å².